The number of morpholine rings is 1. The standard InChI is InChI=1S/C29H31F5N6O2/c1-17-15-39(7-6-38(17)3)26-12-24(31)22(19-13-35-28(36-14-19)40-8-9-42-18(2)16-40)11-25(26)37-27(41)21-5-4-20(30)10-23(21)29(32,33)34/h4-5,10-14,17-18H,6-9,15-16H2,1-3H3,(H,37,41)/t17-,18-/m0/s1. The molecular weight excluding hydrogens is 559 g/mol. The van der Waals surface area contributed by atoms with E-state index in [2.05, 4.69) is 20.2 Å². The fraction of sp³-hybridized carbons (Fsp3) is 0.414. The van der Waals surface area contributed by atoms with Crippen molar-refractivity contribution in [1.29, 1.82) is 0 Å². The van der Waals surface area contributed by atoms with E-state index < -0.39 is 34.8 Å². The number of rotatable bonds is 5. The van der Waals surface area contributed by atoms with Crippen molar-refractivity contribution in [3.8, 4) is 11.1 Å². The van der Waals surface area contributed by atoms with Gasteiger partial charge in [0.05, 0.1) is 35.2 Å². The van der Waals surface area contributed by atoms with Gasteiger partial charge in [0.15, 0.2) is 0 Å². The fourth-order valence-corrected chi connectivity index (χ4v) is 5.18. The van der Waals surface area contributed by atoms with E-state index in [1.807, 2.05) is 30.7 Å². The largest absolute Gasteiger partial charge is 0.417 e. The van der Waals surface area contributed by atoms with Gasteiger partial charge in [-0.15, -0.1) is 0 Å². The van der Waals surface area contributed by atoms with Crippen LogP contribution in [-0.2, 0) is 10.9 Å². The highest BCUT2D eigenvalue weighted by molar-refractivity contribution is 6.07. The molecule has 2 aliphatic rings. The van der Waals surface area contributed by atoms with E-state index in [9.17, 15) is 22.4 Å². The minimum absolute atomic E-state index is 0.00875. The van der Waals surface area contributed by atoms with Gasteiger partial charge in [0.1, 0.15) is 11.6 Å². The molecule has 0 spiro atoms. The summed E-state index contributed by atoms with van der Waals surface area (Å²) in [4.78, 5) is 28.0. The molecule has 0 saturated carbocycles. The lowest BCUT2D eigenvalue weighted by Gasteiger charge is -2.39. The molecule has 2 fully saturated rings. The molecule has 0 radical (unpaired) electrons. The molecule has 3 aromatic rings. The van der Waals surface area contributed by atoms with Crippen LogP contribution in [0.4, 0.5) is 39.3 Å². The molecule has 5 rings (SSSR count). The number of amides is 1. The number of halogens is 5. The Morgan fingerprint density at radius 3 is 2.40 bits per heavy atom. The minimum atomic E-state index is -4.96. The first-order valence-corrected chi connectivity index (χ1v) is 13.6. The van der Waals surface area contributed by atoms with Gasteiger partial charge in [-0.1, -0.05) is 0 Å². The van der Waals surface area contributed by atoms with Crippen LogP contribution in [0.15, 0.2) is 42.7 Å². The number of nitrogens with zero attached hydrogens (tertiary/aromatic N) is 5. The molecule has 1 N–H and O–H groups in total. The lowest BCUT2D eigenvalue weighted by atomic mass is 10.0. The highest BCUT2D eigenvalue weighted by Gasteiger charge is 2.36. The van der Waals surface area contributed by atoms with Crippen LogP contribution in [0.25, 0.3) is 11.1 Å². The summed E-state index contributed by atoms with van der Waals surface area (Å²) in [6.07, 6.45) is -2.03. The third kappa shape index (κ3) is 6.31. The molecule has 0 unspecified atom stereocenters. The molecule has 0 bridgehead atoms. The lowest BCUT2D eigenvalue weighted by Crippen LogP contribution is -2.50. The van der Waals surface area contributed by atoms with Gasteiger partial charge < -0.3 is 24.8 Å². The van der Waals surface area contributed by atoms with E-state index in [1.165, 1.54) is 24.5 Å². The monoisotopic (exact) mass is 590 g/mol. The number of aromatic nitrogens is 2. The maximum atomic E-state index is 15.7. The minimum Gasteiger partial charge on any atom is -0.375 e. The molecule has 13 heteroatoms. The normalized spacial score (nSPS) is 20.1. The molecule has 2 aromatic carbocycles. The Bertz CT molecular complexity index is 1450. The van der Waals surface area contributed by atoms with Crippen molar-refractivity contribution >= 4 is 23.2 Å². The molecular formula is C29H31F5N6O2. The summed E-state index contributed by atoms with van der Waals surface area (Å²) in [6, 6.07) is 4.59. The predicted molar refractivity (Wildman–Crippen MR) is 149 cm³/mol. The maximum Gasteiger partial charge on any atom is 0.417 e. The van der Waals surface area contributed by atoms with Crippen molar-refractivity contribution in [1.82, 2.24) is 14.9 Å². The molecule has 1 amide bonds. The number of piperazine rings is 1. The highest BCUT2D eigenvalue weighted by Crippen LogP contribution is 2.37. The number of anilines is 3. The van der Waals surface area contributed by atoms with Crippen molar-refractivity contribution in [2.45, 2.75) is 32.2 Å². The van der Waals surface area contributed by atoms with E-state index in [1.54, 1.807) is 0 Å². The zero-order valence-corrected chi connectivity index (χ0v) is 23.4. The number of alkyl halides is 3. The van der Waals surface area contributed by atoms with Crippen LogP contribution in [-0.4, -0.2) is 79.3 Å². The lowest BCUT2D eigenvalue weighted by molar-refractivity contribution is -0.138. The maximum absolute atomic E-state index is 15.7. The summed E-state index contributed by atoms with van der Waals surface area (Å²) < 4.78 is 75.9. The van der Waals surface area contributed by atoms with E-state index in [0.29, 0.717) is 56.5 Å². The van der Waals surface area contributed by atoms with Crippen molar-refractivity contribution in [3.63, 3.8) is 0 Å². The quantitative estimate of drug-likeness (QED) is 0.417. The van der Waals surface area contributed by atoms with Gasteiger partial charge in [0.25, 0.3) is 5.91 Å². The second-order valence-corrected chi connectivity index (χ2v) is 10.7. The molecule has 2 atom stereocenters. The molecule has 3 heterocycles. The Balaban J connectivity index is 1.52. The molecule has 2 aliphatic heterocycles. The van der Waals surface area contributed by atoms with Crippen LogP contribution in [0.2, 0.25) is 0 Å². The Labute approximate surface area is 240 Å². The zero-order chi connectivity index (χ0) is 30.2. The topological polar surface area (TPSA) is 73.8 Å². The SMILES string of the molecule is C[C@H]1CN(c2ncc(-c3cc(NC(=O)c4ccc(F)cc4C(F)(F)F)c(N4CCN(C)[C@@H](C)C4)cc3F)cn2)CCO1. The Morgan fingerprint density at radius 1 is 1.00 bits per heavy atom. The van der Waals surface area contributed by atoms with Gasteiger partial charge in [-0.25, -0.2) is 18.7 Å². The van der Waals surface area contributed by atoms with Crippen LogP contribution in [0.1, 0.15) is 29.8 Å². The summed E-state index contributed by atoms with van der Waals surface area (Å²) in [6.45, 7) is 7.33. The van der Waals surface area contributed by atoms with Gasteiger partial charge in [0, 0.05) is 62.3 Å². The summed E-state index contributed by atoms with van der Waals surface area (Å²) >= 11 is 0. The molecule has 1 aromatic heterocycles. The van der Waals surface area contributed by atoms with Gasteiger partial charge in [0.2, 0.25) is 5.95 Å². The van der Waals surface area contributed by atoms with Crippen molar-refractivity contribution in [2.24, 2.45) is 0 Å². The molecule has 42 heavy (non-hydrogen) atoms. The smallest absolute Gasteiger partial charge is 0.375 e. The summed E-state index contributed by atoms with van der Waals surface area (Å²) in [5.41, 5.74) is -1.34. The molecule has 8 nitrogen and oxygen atoms in total. The van der Waals surface area contributed by atoms with Crippen LogP contribution >= 0.6 is 0 Å². The van der Waals surface area contributed by atoms with Gasteiger partial charge in [-0.05, 0) is 51.2 Å². The van der Waals surface area contributed by atoms with E-state index >= 15 is 4.39 Å². The fourth-order valence-electron chi connectivity index (χ4n) is 5.18. The number of hydrogen-bond donors (Lipinski definition) is 1. The van der Waals surface area contributed by atoms with Crippen LogP contribution in [0.3, 0.4) is 0 Å². The second-order valence-electron chi connectivity index (χ2n) is 10.7. The van der Waals surface area contributed by atoms with Crippen LogP contribution < -0.4 is 15.1 Å². The first-order valence-electron chi connectivity index (χ1n) is 13.6. The number of benzene rings is 2. The van der Waals surface area contributed by atoms with E-state index in [-0.39, 0.29) is 29.5 Å². The number of carbonyl (C=O) groups is 1. The zero-order valence-electron chi connectivity index (χ0n) is 23.4. The highest BCUT2D eigenvalue weighted by atomic mass is 19.4. The number of hydrogen-bond acceptors (Lipinski definition) is 7. The molecule has 2 saturated heterocycles. The average molecular weight is 591 g/mol. The first kappa shape index (κ1) is 29.6. The number of carbonyl (C=O) groups excluding carboxylic acids is 1. The van der Waals surface area contributed by atoms with E-state index in [0.717, 1.165) is 12.1 Å². The molecule has 224 valence electrons. The third-order valence-electron chi connectivity index (χ3n) is 7.64. The third-order valence-corrected chi connectivity index (χ3v) is 7.64. The number of likely N-dealkylation sites (N-methyl/N-ethyl adjacent to an activating group) is 1. The van der Waals surface area contributed by atoms with Gasteiger partial charge >= 0.3 is 6.18 Å². The average Bonchev–Trinajstić information content (AvgIpc) is 2.95. The van der Waals surface area contributed by atoms with Crippen LogP contribution in [0, 0.1) is 11.6 Å². The van der Waals surface area contributed by atoms with Crippen molar-refractivity contribution in [2.75, 3.05) is 61.5 Å². The Kier molecular flexibility index (Phi) is 8.33. The summed E-state index contributed by atoms with van der Waals surface area (Å²) in [5, 5.41) is 2.54. The van der Waals surface area contributed by atoms with Gasteiger partial charge in [-0.3, -0.25) is 4.79 Å². The van der Waals surface area contributed by atoms with E-state index in [4.69, 9.17) is 4.74 Å². The van der Waals surface area contributed by atoms with Crippen molar-refractivity contribution in [3.05, 3.63) is 65.5 Å². The predicted octanol–water partition coefficient (Wildman–Crippen LogP) is 5.06. The Hall–Kier alpha value is -3.84. The van der Waals surface area contributed by atoms with Crippen LogP contribution in [0.5, 0.6) is 0 Å². The number of ether oxygens (including phenoxy) is 1. The summed E-state index contributed by atoms with van der Waals surface area (Å²) in [5.74, 6) is -2.37. The van der Waals surface area contributed by atoms with Gasteiger partial charge in [-0.2, -0.15) is 13.2 Å². The molecule has 0 aliphatic carbocycles. The Morgan fingerprint density at radius 2 is 1.74 bits per heavy atom. The van der Waals surface area contributed by atoms with Crippen molar-refractivity contribution < 1.29 is 31.5 Å². The summed E-state index contributed by atoms with van der Waals surface area (Å²) in [7, 11) is 1.96. The second kappa shape index (κ2) is 11.8. The number of nitrogens with one attached hydrogen (secondary N) is 1. The first-order chi connectivity index (χ1) is 19.9.